The van der Waals surface area contributed by atoms with E-state index in [1.807, 2.05) is 30.3 Å². The number of rotatable bonds is 2. The number of halogens is 1. The number of hydrogen-bond acceptors (Lipinski definition) is 2. The SMILES string of the molecule is O=C1CCC(c2ccccc2)N1C(=O)c1ccccc1Cl. The summed E-state index contributed by atoms with van der Waals surface area (Å²) in [6.45, 7) is 0. The van der Waals surface area contributed by atoms with Crippen molar-refractivity contribution in [2.75, 3.05) is 0 Å². The molecule has 0 radical (unpaired) electrons. The molecule has 0 saturated carbocycles. The number of carbonyl (C=O) groups is 2. The molecule has 2 aromatic rings. The van der Waals surface area contributed by atoms with Crippen LogP contribution in [-0.4, -0.2) is 16.7 Å². The topological polar surface area (TPSA) is 37.4 Å². The minimum Gasteiger partial charge on any atom is -0.274 e. The molecule has 21 heavy (non-hydrogen) atoms. The highest BCUT2D eigenvalue weighted by molar-refractivity contribution is 6.34. The summed E-state index contributed by atoms with van der Waals surface area (Å²) in [5.41, 5.74) is 1.35. The standard InChI is InChI=1S/C17H14ClNO2/c18-14-9-5-4-8-13(14)17(21)19-15(10-11-16(19)20)12-6-2-1-3-7-12/h1-9,15H,10-11H2. The Kier molecular flexibility index (Phi) is 3.76. The number of imide groups is 1. The van der Waals surface area contributed by atoms with E-state index in [9.17, 15) is 9.59 Å². The van der Waals surface area contributed by atoms with Crippen LogP contribution in [0.1, 0.15) is 34.8 Å². The Morgan fingerprint density at radius 3 is 2.43 bits per heavy atom. The summed E-state index contributed by atoms with van der Waals surface area (Å²) in [6.07, 6.45) is 1.04. The lowest BCUT2D eigenvalue weighted by Crippen LogP contribution is -2.34. The third-order valence-electron chi connectivity index (χ3n) is 3.72. The molecule has 0 bridgehead atoms. The number of amides is 2. The van der Waals surface area contributed by atoms with Gasteiger partial charge in [0.05, 0.1) is 16.6 Å². The van der Waals surface area contributed by atoms with Gasteiger partial charge in [-0.3, -0.25) is 14.5 Å². The van der Waals surface area contributed by atoms with Gasteiger partial charge in [-0.05, 0) is 24.1 Å². The molecule has 4 heteroatoms. The van der Waals surface area contributed by atoms with E-state index >= 15 is 0 Å². The first-order valence-electron chi connectivity index (χ1n) is 6.84. The molecule has 1 saturated heterocycles. The number of nitrogens with zero attached hydrogens (tertiary/aromatic N) is 1. The second-order valence-corrected chi connectivity index (χ2v) is 5.42. The van der Waals surface area contributed by atoms with E-state index in [0.29, 0.717) is 23.4 Å². The maximum absolute atomic E-state index is 12.7. The van der Waals surface area contributed by atoms with Gasteiger partial charge in [0, 0.05) is 6.42 Å². The van der Waals surface area contributed by atoms with Crippen LogP contribution in [0.25, 0.3) is 0 Å². The molecule has 1 aliphatic heterocycles. The maximum Gasteiger partial charge on any atom is 0.262 e. The van der Waals surface area contributed by atoms with Crippen molar-refractivity contribution >= 4 is 23.4 Å². The molecule has 2 aromatic carbocycles. The Morgan fingerprint density at radius 1 is 1.05 bits per heavy atom. The van der Waals surface area contributed by atoms with Gasteiger partial charge in [-0.25, -0.2) is 0 Å². The van der Waals surface area contributed by atoms with Gasteiger partial charge < -0.3 is 0 Å². The molecule has 3 rings (SSSR count). The van der Waals surface area contributed by atoms with Crippen molar-refractivity contribution in [3.63, 3.8) is 0 Å². The van der Waals surface area contributed by atoms with E-state index in [4.69, 9.17) is 11.6 Å². The zero-order valence-electron chi connectivity index (χ0n) is 11.3. The highest BCUT2D eigenvalue weighted by Crippen LogP contribution is 2.34. The van der Waals surface area contributed by atoms with Crippen molar-refractivity contribution in [3.05, 3.63) is 70.7 Å². The molecule has 0 aromatic heterocycles. The van der Waals surface area contributed by atoms with Gasteiger partial charge in [-0.1, -0.05) is 54.1 Å². The quantitative estimate of drug-likeness (QED) is 0.790. The minimum absolute atomic E-state index is 0.145. The van der Waals surface area contributed by atoms with Gasteiger partial charge in [-0.2, -0.15) is 0 Å². The van der Waals surface area contributed by atoms with Crippen LogP contribution in [0.4, 0.5) is 0 Å². The summed E-state index contributed by atoms with van der Waals surface area (Å²) in [6, 6.07) is 16.2. The lowest BCUT2D eigenvalue weighted by atomic mass is 10.0. The smallest absolute Gasteiger partial charge is 0.262 e. The van der Waals surface area contributed by atoms with Crippen molar-refractivity contribution in [1.29, 1.82) is 0 Å². The fraction of sp³-hybridized carbons (Fsp3) is 0.176. The third-order valence-corrected chi connectivity index (χ3v) is 4.05. The summed E-state index contributed by atoms with van der Waals surface area (Å²) in [4.78, 5) is 26.2. The zero-order chi connectivity index (χ0) is 14.8. The van der Waals surface area contributed by atoms with Crippen LogP contribution < -0.4 is 0 Å². The Balaban J connectivity index is 1.97. The monoisotopic (exact) mass is 299 g/mol. The number of hydrogen-bond donors (Lipinski definition) is 0. The molecule has 2 amide bonds. The molecule has 0 aliphatic carbocycles. The fourth-order valence-electron chi connectivity index (χ4n) is 2.69. The summed E-state index contributed by atoms with van der Waals surface area (Å²) >= 11 is 6.08. The lowest BCUT2D eigenvalue weighted by Gasteiger charge is -2.23. The molecule has 0 spiro atoms. The van der Waals surface area contributed by atoms with Crippen LogP contribution in [0.2, 0.25) is 5.02 Å². The molecule has 0 N–H and O–H groups in total. The predicted molar refractivity (Wildman–Crippen MR) is 81.0 cm³/mol. The van der Waals surface area contributed by atoms with Crippen LogP contribution in [0, 0.1) is 0 Å². The van der Waals surface area contributed by atoms with Gasteiger partial charge in [0.1, 0.15) is 0 Å². The maximum atomic E-state index is 12.7. The third kappa shape index (κ3) is 2.57. The van der Waals surface area contributed by atoms with E-state index in [1.165, 1.54) is 4.90 Å². The Labute approximate surface area is 128 Å². The molecular formula is C17H14ClNO2. The van der Waals surface area contributed by atoms with Crippen molar-refractivity contribution in [2.45, 2.75) is 18.9 Å². The molecule has 1 aliphatic rings. The Hall–Kier alpha value is -2.13. The summed E-state index contributed by atoms with van der Waals surface area (Å²) in [5, 5.41) is 0.369. The molecular weight excluding hydrogens is 286 g/mol. The first-order chi connectivity index (χ1) is 10.2. The average molecular weight is 300 g/mol. The first-order valence-corrected chi connectivity index (χ1v) is 7.22. The molecule has 1 heterocycles. The van der Waals surface area contributed by atoms with Crippen LogP contribution in [0.5, 0.6) is 0 Å². The van der Waals surface area contributed by atoms with Gasteiger partial charge >= 0.3 is 0 Å². The van der Waals surface area contributed by atoms with Crippen molar-refractivity contribution < 1.29 is 9.59 Å². The molecule has 1 unspecified atom stereocenters. The van der Waals surface area contributed by atoms with Crippen molar-refractivity contribution in [3.8, 4) is 0 Å². The normalized spacial score (nSPS) is 18.0. The fourth-order valence-corrected chi connectivity index (χ4v) is 2.91. The molecule has 3 nitrogen and oxygen atoms in total. The van der Waals surface area contributed by atoms with E-state index in [1.54, 1.807) is 24.3 Å². The first kappa shape index (κ1) is 13.8. The van der Waals surface area contributed by atoms with E-state index < -0.39 is 0 Å². The zero-order valence-corrected chi connectivity index (χ0v) is 12.1. The average Bonchev–Trinajstić information content (AvgIpc) is 2.90. The van der Waals surface area contributed by atoms with Crippen LogP contribution >= 0.6 is 11.6 Å². The van der Waals surface area contributed by atoms with Gasteiger partial charge in [0.15, 0.2) is 0 Å². The Morgan fingerprint density at radius 2 is 1.71 bits per heavy atom. The number of carbonyl (C=O) groups excluding carboxylic acids is 2. The van der Waals surface area contributed by atoms with Gasteiger partial charge in [0.2, 0.25) is 5.91 Å². The number of likely N-dealkylation sites (tertiary alicyclic amines) is 1. The largest absolute Gasteiger partial charge is 0.274 e. The molecule has 106 valence electrons. The van der Waals surface area contributed by atoms with Crippen molar-refractivity contribution in [1.82, 2.24) is 4.90 Å². The van der Waals surface area contributed by atoms with Crippen LogP contribution in [-0.2, 0) is 4.79 Å². The summed E-state index contributed by atoms with van der Waals surface area (Å²) in [7, 11) is 0. The molecule has 1 atom stereocenters. The van der Waals surface area contributed by atoms with Crippen molar-refractivity contribution in [2.24, 2.45) is 0 Å². The number of benzene rings is 2. The second kappa shape index (κ2) is 5.70. The van der Waals surface area contributed by atoms with Gasteiger partial charge in [0.25, 0.3) is 5.91 Å². The lowest BCUT2D eigenvalue weighted by molar-refractivity contribution is -0.126. The van der Waals surface area contributed by atoms with Gasteiger partial charge in [-0.15, -0.1) is 0 Å². The second-order valence-electron chi connectivity index (χ2n) is 5.01. The van der Waals surface area contributed by atoms with Crippen LogP contribution in [0.15, 0.2) is 54.6 Å². The highest BCUT2D eigenvalue weighted by atomic mass is 35.5. The Bertz CT molecular complexity index is 684. The molecule has 1 fully saturated rings. The summed E-state index contributed by atoms with van der Waals surface area (Å²) in [5.74, 6) is -0.467. The highest BCUT2D eigenvalue weighted by Gasteiger charge is 2.37. The minimum atomic E-state index is -0.322. The van der Waals surface area contributed by atoms with E-state index in [2.05, 4.69) is 0 Å². The van der Waals surface area contributed by atoms with Crippen LogP contribution in [0.3, 0.4) is 0 Å². The van der Waals surface area contributed by atoms with E-state index in [0.717, 1.165) is 5.56 Å². The van der Waals surface area contributed by atoms with E-state index in [-0.39, 0.29) is 17.9 Å². The summed E-state index contributed by atoms with van der Waals surface area (Å²) < 4.78 is 0. The predicted octanol–water partition coefficient (Wildman–Crippen LogP) is 3.84.